The molecule has 0 spiro atoms. The summed E-state index contributed by atoms with van der Waals surface area (Å²) in [6.45, 7) is 6.32. The van der Waals surface area contributed by atoms with Gasteiger partial charge in [0.05, 0.1) is 14.2 Å². The summed E-state index contributed by atoms with van der Waals surface area (Å²) in [5.74, 6) is 1.49. The monoisotopic (exact) mass is 355 g/mol. The summed E-state index contributed by atoms with van der Waals surface area (Å²) in [5.41, 5.74) is 3.77. The highest BCUT2D eigenvalue weighted by molar-refractivity contribution is 5.76. The molecule has 4 heteroatoms. The molecule has 2 N–H and O–H groups in total. The number of hydrogen-bond donors (Lipinski definition) is 2. The van der Waals surface area contributed by atoms with Crippen molar-refractivity contribution < 1.29 is 14.4 Å². The third kappa shape index (κ3) is 6.52. The lowest BCUT2D eigenvalue weighted by Gasteiger charge is -2.14. The number of carbonyl (C=O) groups excluding carboxylic acids is 1. The van der Waals surface area contributed by atoms with E-state index in [0.29, 0.717) is 19.0 Å². The van der Waals surface area contributed by atoms with E-state index in [1.54, 1.807) is 7.11 Å². The number of carbonyl (C=O) groups is 1. The third-order valence-electron chi connectivity index (χ3n) is 4.48. The van der Waals surface area contributed by atoms with Crippen LogP contribution < -0.4 is 15.0 Å². The number of methoxy groups -OCH3 is 1. The normalized spacial score (nSPS) is 12.0. The van der Waals surface area contributed by atoms with Gasteiger partial charge in [0, 0.05) is 12.1 Å². The van der Waals surface area contributed by atoms with Gasteiger partial charge in [0.1, 0.15) is 12.3 Å². The van der Waals surface area contributed by atoms with Crippen LogP contribution >= 0.6 is 0 Å². The quantitative estimate of drug-likeness (QED) is 0.724. The molecule has 0 radical (unpaired) electrons. The van der Waals surface area contributed by atoms with Crippen LogP contribution in [0.2, 0.25) is 0 Å². The average molecular weight is 356 g/mol. The van der Waals surface area contributed by atoms with E-state index in [9.17, 15) is 4.79 Å². The predicted octanol–water partition coefficient (Wildman–Crippen LogP) is 2.19. The second-order valence-corrected chi connectivity index (χ2v) is 7.16. The lowest BCUT2D eigenvalue weighted by atomic mass is 10.0. The molecule has 0 saturated carbocycles. The highest BCUT2D eigenvalue weighted by atomic mass is 16.5. The molecule has 1 unspecified atom stereocenters. The predicted molar refractivity (Wildman–Crippen MR) is 106 cm³/mol. The van der Waals surface area contributed by atoms with Gasteiger partial charge in [-0.2, -0.15) is 0 Å². The Balaban J connectivity index is 1.72. The summed E-state index contributed by atoms with van der Waals surface area (Å²) in [6.07, 6.45) is 0.860. The molecule has 0 aliphatic heterocycles. The first kappa shape index (κ1) is 20.0. The van der Waals surface area contributed by atoms with Gasteiger partial charge in [0.25, 0.3) is 5.91 Å². The molecule has 0 fully saturated rings. The standard InChI is InChI=1S/C22H30N2O2/c1-17(2)20-10-8-18(9-11-20)12-13-23-22(25)16-24(3)15-19-6-5-7-21(14-19)26-4/h5-11,14,17H,12-13,15-16H2,1-4H3,(H,23,25)/p+1. The Morgan fingerprint density at radius 1 is 1.12 bits per heavy atom. The molecule has 0 bridgehead atoms. The second-order valence-electron chi connectivity index (χ2n) is 7.16. The van der Waals surface area contributed by atoms with Crippen molar-refractivity contribution in [3.05, 3.63) is 65.2 Å². The van der Waals surface area contributed by atoms with Gasteiger partial charge in [-0.1, -0.05) is 50.2 Å². The molecule has 4 nitrogen and oxygen atoms in total. The van der Waals surface area contributed by atoms with Gasteiger partial charge in [-0.15, -0.1) is 0 Å². The van der Waals surface area contributed by atoms with Crippen LogP contribution in [0, 0.1) is 0 Å². The molecule has 0 aliphatic carbocycles. The molecule has 0 heterocycles. The molecule has 140 valence electrons. The molecule has 2 aromatic rings. The van der Waals surface area contributed by atoms with Crippen molar-refractivity contribution in [3.8, 4) is 5.75 Å². The number of ether oxygens (including phenoxy) is 1. The minimum atomic E-state index is 0.0872. The van der Waals surface area contributed by atoms with E-state index in [0.717, 1.165) is 23.6 Å². The number of hydrogen-bond acceptors (Lipinski definition) is 2. The van der Waals surface area contributed by atoms with Gasteiger partial charge in [0.2, 0.25) is 0 Å². The minimum absolute atomic E-state index is 0.0872. The summed E-state index contributed by atoms with van der Waals surface area (Å²) < 4.78 is 5.24. The van der Waals surface area contributed by atoms with Crippen LogP contribution in [0.1, 0.15) is 36.5 Å². The van der Waals surface area contributed by atoms with E-state index in [2.05, 4.69) is 49.5 Å². The number of likely N-dealkylation sites (N-methyl/N-ethyl adjacent to an activating group) is 1. The fraction of sp³-hybridized carbons (Fsp3) is 0.409. The first-order valence-electron chi connectivity index (χ1n) is 9.27. The van der Waals surface area contributed by atoms with E-state index < -0.39 is 0 Å². The van der Waals surface area contributed by atoms with E-state index in [1.807, 2.05) is 25.2 Å². The lowest BCUT2D eigenvalue weighted by Crippen LogP contribution is -3.08. The van der Waals surface area contributed by atoms with Gasteiger partial charge in [-0.3, -0.25) is 4.79 Å². The molecule has 1 amide bonds. The maximum Gasteiger partial charge on any atom is 0.275 e. The van der Waals surface area contributed by atoms with E-state index >= 15 is 0 Å². The van der Waals surface area contributed by atoms with Crippen molar-refractivity contribution in [2.75, 3.05) is 27.2 Å². The van der Waals surface area contributed by atoms with Gasteiger partial charge >= 0.3 is 0 Å². The van der Waals surface area contributed by atoms with Gasteiger partial charge in [-0.25, -0.2) is 0 Å². The van der Waals surface area contributed by atoms with Crippen molar-refractivity contribution in [1.29, 1.82) is 0 Å². The van der Waals surface area contributed by atoms with E-state index in [-0.39, 0.29) is 5.91 Å². The largest absolute Gasteiger partial charge is 0.497 e. The fourth-order valence-corrected chi connectivity index (χ4v) is 2.95. The number of quaternary nitrogens is 1. The zero-order valence-electron chi connectivity index (χ0n) is 16.3. The molecule has 2 rings (SSSR count). The first-order chi connectivity index (χ1) is 12.5. The molecule has 0 aromatic heterocycles. The highest BCUT2D eigenvalue weighted by Gasteiger charge is 2.10. The van der Waals surface area contributed by atoms with Crippen LogP contribution in [-0.4, -0.2) is 33.2 Å². The Morgan fingerprint density at radius 3 is 2.50 bits per heavy atom. The average Bonchev–Trinajstić information content (AvgIpc) is 2.62. The zero-order chi connectivity index (χ0) is 18.9. The van der Waals surface area contributed by atoms with Gasteiger partial charge in [-0.05, 0) is 35.6 Å². The molecule has 2 aromatic carbocycles. The number of rotatable bonds is 9. The lowest BCUT2D eigenvalue weighted by molar-refractivity contribution is -0.885. The van der Waals surface area contributed by atoms with Crippen LogP contribution in [0.15, 0.2) is 48.5 Å². The Bertz CT molecular complexity index is 696. The Labute approximate surface area is 157 Å². The van der Waals surface area contributed by atoms with Gasteiger partial charge in [0.15, 0.2) is 6.54 Å². The van der Waals surface area contributed by atoms with E-state index in [1.165, 1.54) is 16.7 Å². The summed E-state index contributed by atoms with van der Waals surface area (Å²) in [5, 5.41) is 3.02. The SMILES string of the molecule is COc1cccc(C[NH+](C)CC(=O)NCCc2ccc(C(C)C)cc2)c1. The number of amides is 1. The second kappa shape index (κ2) is 9.97. The smallest absolute Gasteiger partial charge is 0.275 e. The zero-order valence-corrected chi connectivity index (χ0v) is 16.3. The van der Waals surface area contributed by atoms with Crippen molar-refractivity contribution in [2.45, 2.75) is 32.7 Å². The first-order valence-corrected chi connectivity index (χ1v) is 9.27. The Hall–Kier alpha value is -2.33. The molecule has 0 aliphatic rings. The molecule has 1 atom stereocenters. The maximum atomic E-state index is 12.1. The Kier molecular flexibility index (Phi) is 7.67. The van der Waals surface area contributed by atoms with Crippen LogP contribution in [0.5, 0.6) is 5.75 Å². The summed E-state index contributed by atoms with van der Waals surface area (Å²) in [7, 11) is 3.70. The molecular formula is C22H31N2O2+. The number of nitrogens with one attached hydrogen (secondary N) is 2. The van der Waals surface area contributed by atoms with Crippen LogP contribution in [-0.2, 0) is 17.8 Å². The molecule has 0 saturated heterocycles. The van der Waals surface area contributed by atoms with Crippen molar-refractivity contribution in [2.24, 2.45) is 0 Å². The summed E-state index contributed by atoms with van der Waals surface area (Å²) in [6, 6.07) is 16.6. The summed E-state index contributed by atoms with van der Waals surface area (Å²) in [4.78, 5) is 13.3. The van der Waals surface area contributed by atoms with Crippen molar-refractivity contribution in [1.82, 2.24) is 5.32 Å². The topological polar surface area (TPSA) is 42.8 Å². The highest BCUT2D eigenvalue weighted by Crippen LogP contribution is 2.14. The van der Waals surface area contributed by atoms with Gasteiger partial charge < -0.3 is 15.0 Å². The van der Waals surface area contributed by atoms with E-state index in [4.69, 9.17) is 4.74 Å². The maximum absolute atomic E-state index is 12.1. The van der Waals surface area contributed by atoms with Crippen LogP contribution in [0.3, 0.4) is 0 Å². The number of benzene rings is 2. The molecule has 26 heavy (non-hydrogen) atoms. The molecular weight excluding hydrogens is 324 g/mol. The minimum Gasteiger partial charge on any atom is -0.497 e. The summed E-state index contributed by atoms with van der Waals surface area (Å²) >= 11 is 0. The fourth-order valence-electron chi connectivity index (χ4n) is 2.95. The third-order valence-corrected chi connectivity index (χ3v) is 4.48. The van der Waals surface area contributed by atoms with Crippen molar-refractivity contribution >= 4 is 5.91 Å². The van der Waals surface area contributed by atoms with Crippen LogP contribution in [0.25, 0.3) is 0 Å². The Morgan fingerprint density at radius 2 is 1.85 bits per heavy atom. The van der Waals surface area contributed by atoms with Crippen molar-refractivity contribution in [3.63, 3.8) is 0 Å². The van der Waals surface area contributed by atoms with Crippen LogP contribution in [0.4, 0.5) is 0 Å².